The molecule has 1 aromatic heterocycles. The van der Waals surface area contributed by atoms with Gasteiger partial charge in [0.25, 0.3) is 5.91 Å². The number of fused-ring (bicyclic) bond motifs is 1. The Morgan fingerprint density at radius 3 is 2.74 bits per heavy atom. The second-order valence-electron chi connectivity index (χ2n) is 6.52. The molecule has 4 nitrogen and oxygen atoms in total. The lowest BCUT2D eigenvalue weighted by molar-refractivity contribution is 0.0843. The monoisotopic (exact) mass is 260 g/mol. The minimum absolute atomic E-state index is 0.0523. The van der Waals surface area contributed by atoms with Gasteiger partial charge in [0.2, 0.25) is 0 Å². The Hall–Kier alpha value is -1.29. The van der Waals surface area contributed by atoms with Crippen molar-refractivity contribution in [3.8, 4) is 0 Å². The second kappa shape index (κ2) is 3.85. The average molecular weight is 260 g/mol. The highest BCUT2D eigenvalue weighted by atomic mass is 16.4. The molecule has 1 spiro atoms. The van der Waals surface area contributed by atoms with Crippen molar-refractivity contribution in [1.82, 2.24) is 5.32 Å². The fraction of sp³-hybridized carbons (Fsp3) is 0.667. The number of nitrogens with one attached hydrogen (secondary N) is 1. The molecule has 1 atom stereocenters. The van der Waals surface area contributed by atoms with E-state index in [0.717, 1.165) is 37.9 Å². The number of furan rings is 1. The largest absolute Gasteiger partial charge is 0.456 e. The van der Waals surface area contributed by atoms with Crippen LogP contribution in [0.25, 0.3) is 0 Å². The minimum Gasteiger partial charge on any atom is -0.456 e. The van der Waals surface area contributed by atoms with Crippen LogP contribution in [-0.4, -0.2) is 18.0 Å². The smallest absolute Gasteiger partial charge is 0.287 e. The van der Waals surface area contributed by atoms with Gasteiger partial charge in [0, 0.05) is 18.5 Å². The Morgan fingerprint density at radius 1 is 1.32 bits per heavy atom. The van der Waals surface area contributed by atoms with Crippen LogP contribution >= 0.6 is 0 Å². The number of rotatable bonds is 2. The van der Waals surface area contributed by atoms with Crippen LogP contribution < -0.4 is 11.1 Å². The first kappa shape index (κ1) is 11.5. The highest BCUT2D eigenvalue weighted by Gasteiger charge is 2.60. The van der Waals surface area contributed by atoms with Crippen LogP contribution in [0.2, 0.25) is 0 Å². The third-order valence-corrected chi connectivity index (χ3v) is 5.11. The summed E-state index contributed by atoms with van der Waals surface area (Å²) in [4.78, 5) is 12.1. The Kier molecular flexibility index (Phi) is 2.34. The molecule has 3 N–H and O–H groups in total. The zero-order chi connectivity index (χ0) is 13.0. The molecule has 4 heteroatoms. The lowest BCUT2D eigenvalue weighted by Crippen LogP contribution is -2.47. The Morgan fingerprint density at radius 2 is 2.05 bits per heavy atom. The zero-order valence-electron chi connectivity index (χ0n) is 11.1. The predicted octanol–water partition coefficient (Wildman–Crippen LogP) is 1.77. The van der Waals surface area contributed by atoms with Gasteiger partial charge in [-0.25, -0.2) is 0 Å². The van der Waals surface area contributed by atoms with Crippen molar-refractivity contribution in [2.75, 3.05) is 0 Å². The van der Waals surface area contributed by atoms with Gasteiger partial charge >= 0.3 is 0 Å². The van der Waals surface area contributed by atoms with Crippen LogP contribution in [-0.2, 0) is 12.8 Å². The van der Waals surface area contributed by atoms with Crippen molar-refractivity contribution in [3.63, 3.8) is 0 Å². The lowest BCUT2D eigenvalue weighted by atomic mass is 9.76. The van der Waals surface area contributed by atoms with Gasteiger partial charge in [-0.05, 0) is 55.6 Å². The fourth-order valence-corrected chi connectivity index (χ4v) is 3.73. The zero-order valence-corrected chi connectivity index (χ0v) is 11.1. The van der Waals surface area contributed by atoms with Gasteiger partial charge in [0.1, 0.15) is 5.76 Å². The Balaban J connectivity index is 1.39. The van der Waals surface area contributed by atoms with E-state index in [2.05, 4.69) is 5.32 Å². The average Bonchev–Trinajstić information content (AvgIpc) is 2.87. The number of nitrogens with two attached hydrogens (primary N) is 1. The number of hydrogen-bond donors (Lipinski definition) is 2. The van der Waals surface area contributed by atoms with E-state index in [1.807, 2.05) is 6.07 Å². The molecule has 0 saturated heterocycles. The lowest BCUT2D eigenvalue weighted by Gasteiger charge is -2.36. The molecule has 0 aromatic carbocycles. The summed E-state index contributed by atoms with van der Waals surface area (Å²) >= 11 is 0. The maximum Gasteiger partial charge on any atom is 0.287 e. The number of aryl methyl sites for hydroxylation is 2. The normalized spacial score (nSPS) is 35.6. The molecule has 4 rings (SSSR count). The van der Waals surface area contributed by atoms with Gasteiger partial charge in [-0.1, -0.05) is 0 Å². The summed E-state index contributed by atoms with van der Waals surface area (Å²) in [5.41, 5.74) is 7.50. The summed E-state index contributed by atoms with van der Waals surface area (Å²) in [5.74, 6) is 1.46. The molecular weight excluding hydrogens is 240 g/mol. The van der Waals surface area contributed by atoms with Crippen molar-refractivity contribution >= 4 is 5.91 Å². The number of carbonyl (C=O) groups is 1. The molecular formula is C15H20N2O2. The van der Waals surface area contributed by atoms with Crippen molar-refractivity contribution < 1.29 is 9.21 Å². The van der Waals surface area contributed by atoms with E-state index in [4.69, 9.17) is 10.2 Å². The Bertz CT molecular complexity index is 505. The van der Waals surface area contributed by atoms with Gasteiger partial charge in [0.05, 0.1) is 0 Å². The van der Waals surface area contributed by atoms with Crippen molar-refractivity contribution in [3.05, 3.63) is 23.2 Å². The molecule has 2 saturated carbocycles. The summed E-state index contributed by atoms with van der Waals surface area (Å²) in [6, 6.07) is 2.60. The van der Waals surface area contributed by atoms with Crippen LogP contribution in [0.1, 0.15) is 54.0 Å². The van der Waals surface area contributed by atoms with Gasteiger partial charge in [-0.3, -0.25) is 4.79 Å². The maximum atomic E-state index is 12.1. The fourth-order valence-electron chi connectivity index (χ4n) is 3.73. The molecule has 2 fully saturated rings. The highest BCUT2D eigenvalue weighted by Crippen LogP contribution is 2.59. The van der Waals surface area contributed by atoms with Crippen LogP contribution in [0, 0.1) is 5.41 Å². The van der Waals surface area contributed by atoms with Crippen LogP contribution in [0.3, 0.4) is 0 Å². The molecule has 1 unspecified atom stereocenters. The van der Waals surface area contributed by atoms with E-state index in [-0.39, 0.29) is 5.91 Å². The minimum atomic E-state index is -0.0523. The van der Waals surface area contributed by atoms with Crippen molar-refractivity contribution in [2.45, 2.75) is 57.0 Å². The molecule has 1 aromatic rings. The van der Waals surface area contributed by atoms with Gasteiger partial charge in [-0.15, -0.1) is 0 Å². The first-order valence-corrected chi connectivity index (χ1v) is 7.34. The van der Waals surface area contributed by atoms with E-state index < -0.39 is 0 Å². The van der Waals surface area contributed by atoms with Crippen LogP contribution in [0.5, 0.6) is 0 Å². The van der Waals surface area contributed by atoms with Gasteiger partial charge in [-0.2, -0.15) is 0 Å². The number of hydrogen-bond acceptors (Lipinski definition) is 3. The molecule has 0 bridgehead atoms. The number of amides is 1. The summed E-state index contributed by atoms with van der Waals surface area (Å²) in [7, 11) is 0. The summed E-state index contributed by atoms with van der Waals surface area (Å²) in [6.45, 7) is 0. The highest BCUT2D eigenvalue weighted by molar-refractivity contribution is 5.92. The SMILES string of the molecule is NC1CC12CC(NC(=O)c1cc3c(o1)CCCC3)C2. The maximum absolute atomic E-state index is 12.1. The molecule has 1 amide bonds. The summed E-state index contributed by atoms with van der Waals surface area (Å²) in [5, 5.41) is 3.07. The van der Waals surface area contributed by atoms with Crippen LogP contribution in [0.15, 0.2) is 10.5 Å². The van der Waals surface area contributed by atoms with Crippen molar-refractivity contribution in [1.29, 1.82) is 0 Å². The van der Waals surface area contributed by atoms with E-state index in [1.54, 1.807) is 0 Å². The third kappa shape index (κ3) is 1.81. The summed E-state index contributed by atoms with van der Waals surface area (Å²) < 4.78 is 5.69. The first-order chi connectivity index (χ1) is 9.16. The Labute approximate surface area is 112 Å². The van der Waals surface area contributed by atoms with Gasteiger partial charge in [0.15, 0.2) is 5.76 Å². The summed E-state index contributed by atoms with van der Waals surface area (Å²) in [6.07, 6.45) is 7.62. The first-order valence-electron chi connectivity index (χ1n) is 7.34. The third-order valence-electron chi connectivity index (χ3n) is 5.11. The molecule has 3 aliphatic rings. The molecule has 3 aliphatic carbocycles. The molecule has 102 valence electrons. The van der Waals surface area contributed by atoms with Gasteiger partial charge < -0.3 is 15.5 Å². The predicted molar refractivity (Wildman–Crippen MR) is 70.9 cm³/mol. The molecule has 0 radical (unpaired) electrons. The quantitative estimate of drug-likeness (QED) is 0.851. The second-order valence-corrected chi connectivity index (χ2v) is 6.52. The van der Waals surface area contributed by atoms with E-state index in [9.17, 15) is 4.79 Å². The van der Waals surface area contributed by atoms with Crippen molar-refractivity contribution in [2.24, 2.45) is 11.1 Å². The molecule has 1 heterocycles. The standard InChI is InChI=1S/C15H20N2O2/c16-13-8-15(13)6-10(7-15)17-14(18)12-5-9-3-1-2-4-11(9)19-12/h5,10,13H,1-4,6-8,16H2,(H,17,18). The van der Waals surface area contributed by atoms with E-state index in [1.165, 1.54) is 18.4 Å². The molecule has 0 aliphatic heterocycles. The van der Waals surface area contributed by atoms with E-state index in [0.29, 0.717) is 23.3 Å². The number of carbonyl (C=O) groups excluding carboxylic acids is 1. The van der Waals surface area contributed by atoms with E-state index >= 15 is 0 Å². The van der Waals surface area contributed by atoms with Crippen LogP contribution in [0.4, 0.5) is 0 Å². The topological polar surface area (TPSA) is 68.3 Å². The molecule has 19 heavy (non-hydrogen) atoms.